The van der Waals surface area contributed by atoms with Gasteiger partial charge in [0.2, 0.25) is 0 Å². The Morgan fingerprint density at radius 2 is 0.620 bits per heavy atom. The van der Waals surface area contributed by atoms with Gasteiger partial charge in [-0.15, -0.1) is 0 Å². The lowest BCUT2D eigenvalue weighted by Gasteiger charge is -2.39. The summed E-state index contributed by atoms with van der Waals surface area (Å²) in [5.74, 6) is 0. The first-order chi connectivity index (χ1) is 24.8. The molecule has 0 amide bonds. The number of allylic oxidation sites excluding steroid dienone is 6. The molecule has 1 nitrogen and oxygen atoms in total. The van der Waals surface area contributed by atoms with Gasteiger partial charge < -0.3 is 4.48 Å². The Morgan fingerprint density at radius 1 is 0.340 bits per heavy atom. The summed E-state index contributed by atoms with van der Waals surface area (Å²) in [5.41, 5.74) is 1.52. The highest BCUT2D eigenvalue weighted by atomic mass is 15.3. The van der Waals surface area contributed by atoms with E-state index in [1.165, 1.54) is 229 Å². The molecule has 288 valence electrons. The van der Waals surface area contributed by atoms with Crippen LogP contribution in [0.4, 0.5) is 0 Å². The van der Waals surface area contributed by atoms with E-state index in [0.29, 0.717) is 0 Å². The smallest absolute Gasteiger partial charge is 0.104 e. The van der Waals surface area contributed by atoms with Gasteiger partial charge in [-0.3, -0.25) is 0 Å². The second-order valence-corrected chi connectivity index (χ2v) is 15.7. The Balaban J connectivity index is 2.64. The Kier molecular flexibility index (Phi) is 34.5. The van der Waals surface area contributed by atoms with E-state index in [2.05, 4.69) is 87.6 Å². The molecule has 50 heavy (non-hydrogen) atoms. The lowest BCUT2D eigenvalue weighted by atomic mass is 10.1. The van der Waals surface area contributed by atoms with Crippen LogP contribution in [0.5, 0.6) is 0 Å². The minimum atomic E-state index is 1.19. The van der Waals surface area contributed by atoms with Crippen molar-refractivity contribution < 1.29 is 4.48 Å². The van der Waals surface area contributed by atoms with Crippen molar-refractivity contribution in [2.45, 2.75) is 220 Å². The molecule has 0 aliphatic carbocycles. The molecule has 0 radical (unpaired) electrons. The predicted molar refractivity (Wildman–Crippen MR) is 228 cm³/mol. The van der Waals surface area contributed by atoms with Gasteiger partial charge in [-0.2, -0.15) is 0 Å². The zero-order chi connectivity index (χ0) is 35.9. The molecule has 0 atom stereocenters. The molecular formula is C49H88N+. The van der Waals surface area contributed by atoms with E-state index in [4.69, 9.17) is 0 Å². The fourth-order valence-electron chi connectivity index (χ4n) is 7.54. The van der Waals surface area contributed by atoms with Crippen LogP contribution in [-0.2, 0) is 6.54 Å². The molecule has 0 heterocycles. The molecule has 1 heteroatoms. The van der Waals surface area contributed by atoms with Gasteiger partial charge in [-0.05, 0) is 57.8 Å². The van der Waals surface area contributed by atoms with Crippen molar-refractivity contribution in [2.24, 2.45) is 0 Å². The highest BCUT2D eigenvalue weighted by Gasteiger charge is 2.26. The molecule has 1 aromatic carbocycles. The van der Waals surface area contributed by atoms with Crippen LogP contribution in [0.15, 0.2) is 66.8 Å². The van der Waals surface area contributed by atoms with Gasteiger partial charge in [0.1, 0.15) is 6.54 Å². The van der Waals surface area contributed by atoms with Crippen molar-refractivity contribution >= 4 is 0 Å². The van der Waals surface area contributed by atoms with Gasteiger partial charge in [0.25, 0.3) is 0 Å². The highest BCUT2D eigenvalue weighted by molar-refractivity contribution is 5.13. The molecule has 0 fully saturated rings. The Labute approximate surface area is 315 Å². The van der Waals surface area contributed by atoms with Gasteiger partial charge in [0, 0.05) is 24.8 Å². The lowest BCUT2D eigenvalue weighted by Crippen LogP contribution is -2.49. The summed E-state index contributed by atoms with van der Waals surface area (Å²) in [7, 11) is 0. The molecule has 0 saturated heterocycles. The fraction of sp³-hybridized carbons (Fsp3) is 0.755. The third kappa shape index (κ3) is 30.1. The van der Waals surface area contributed by atoms with Crippen molar-refractivity contribution in [3.8, 4) is 0 Å². The van der Waals surface area contributed by atoms with Crippen molar-refractivity contribution in [3.05, 3.63) is 72.4 Å². The second-order valence-electron chi connectivity index (χ2n) is 15.7. The van der Waals surface area contributed by atoms with Crippen LogP contribution >= 0.6 is 0 Å². The van der Waals surface area contributed by atoms with Gasteiger partial charge in [0.05, 0.1) is 19.6 Å². The number of unbranched alkanes of at least 4 members (excludes halogenated alkanes) is 24. The maximum Gasteiger partial charge on any atom is 0.104 e. The number of hydrogen-bond donors (Lipinski definition) is 0. The minimum Gasteiger partial charge on any atom is -0.320 e. The average molecular weight is 691 g/mol. The number of hydrogen-bond acceptors (Lipinski definition) is 0. The van der Waals surface area contributed by atoms with Crippen LogP contribution in [0.2, 0.25) is 0 Å². The summed E-state index contributed by atoms with van der Waals surface area (Å²) in [6, 6.07) is 11.4. The fourth-order valence-corrected chi connectivity index (χ4v) is 7.54. The summed E-state index contributed by atoms with van der Waals surface area (Å²) >= 11 is 0. The number of rotatable bonds is 38. The normalized spacial score (nSPS) is 12.4. The largest absolute Gasteiger partial charge is 0.320 e. The second kappa shape index (κ2) is 37.2. The molecule has 0 aromatic heterocycles. The van der Waals surface area contributed by atoms with Crippen LogP contribution in [0.3, 0.4) is 0 Å². The lowest BCUT2D eigenvalue weighted by molar-refractivity contribution is -0.941. The quantitative estimate of drug-likeness (QED) is 0.0368. The third-order valence-corrected chi connectivity index (χ3v) is 10.8. The van der Waals surface area contributed by atoms with E-state index >= 15 is 0 Å². The van der Waals surface area contributed by atoms with Crippen molar-refractivity contribution in [1.29, 1.82) is 0 Å². The van der Waals surface area contributed by atoms with E-state index < -0.39 is 0 Å². The summed E-state index contributed by atoms with van der Waals surface area (Å²) in [4.78, 5) is 0. The molecule has 1 rings (SSSR count). The first-order valence-corrected chi connectivity index (χ1v) is 22.6. The molecule has 0 spiro atoms. The van der Waals surface area contributed by atoms with Crippen LogP contribution in [0, 0.1) is 0 Å². The maximum absolute atomic E-state index is 2.51. The first-order valence-electron chi connectivity index (χ1n) is 22.6. The Bertz CT molecular complexity index is 796. The third-order valence-electron chi connectivity index (χ3n) is 10.8. The van der Waals surface area contributed by atoms with Crippen LogP contribution < -0.4 is 0 Å². The van der Waals surface area contributed by atoms with Crippen LogP contribution in [0.25, 0.3) is 0 Å². The van der Waals surface area contributed by atoms with E-state index in [1.807, 2.05) is 0 Å². The molecule has 0 bridgehead atoms. The monoisotopic (exact) mass is 691 g/mol. The van der Waals surface area contributed by atoms with E-state index in [0.717, 1.165) is 0 Å². The van der Waals surface area contributed by atoms with Crippen molar-refractivity contribution in [3.63, 3.8) is 0 Å². The Morgan fingerprint density at radius 3 is 0.940 bits per heavy atom. The number of quaternary nitrogens is 1. The summed E-state index contributed by atoms with van der Waals surface area (Å²) in [5, 5.41) is 0. The molecular weight excluding hydrogens is 603 g/mol. The summed E-state index contributed by atoms with van der Waals surface area (Å²) in [6.07, 6.45) is 55.9. The molecule has 0 aliphatic heterocycles. The average Bonchev–Trinajstić information content (AvgIpc) is 3.13. The molecule has 0 aliphatic rings. The molecule has 0 saturated carbocycles. The maximum atomic E-state index is 2.51. The zero-order valence-corrected chi connectivity index (χ0v) is 34.3. The molecule has 1 aromatic rings. The first kappa shape index (κ1) is 46.4. The van der Waals surface area contributed by atoms with Gasteiger partial charge in [-0.1, -0.05) is 203 Å². The summed E-state index contributed by atoms with van der Waals surface area (Å²) in [6.45, 7) is 12.0. The highest BCUT2D eigenvalue weighted by Crippen LogP contribution is 2.21. The SMILES string of the molecule is CCCCCCCCC/C=C/CCC[N+](CCC/C=C/CCCCCCCCC)(CCC/C=C/CCCCCCCCC)Cc1ccccc1. The van der Waals surface area contributed by atoms with E-state index in [-0.39, 0.29) is 0 Å². The van der Waals surface area contributed by atoms with Gasteiger partial charge in [0.15, 0.2) is 0 Å². The number of nitrogens with zero attached hydrogens (tertiary/aromatic N) is 1. The summed E-state index contributed by atoms with van der Waals surface area (Å²) < 4.78 is 1.26. The standard InChI is InChI=1S/C49H88N/c1-4-7-10-13-16-19-22-25-28-31-34-40-45-50(48-49-43-38-37-39-44-49,46-41-35-32-29-26-23-20-17-14-11-8-5-2)47-42-36-33-30-27-24-21-18-15-12-9-6-3/h28-33,37-39,43-44H,4-27,34-36,40-42,45-48H2,1-3H3/q+1/b31-28+,32-29+,33-30+. The predicted octanol–water partition coefficient (Wildman–Crippen LogP) is 16.4. The zero-order valence-electron chi connectivity index (χ0n) is 34.3. The van der Waals surface area contributed by atoms with Crippen molar-refractivity contribution in [2.75, 3.05) is 19.6 Å². The van der Waals surface area contributed by atoms with Gasteiger partial charge in [-0.25, -0.2) is 0 Å². The molecule has 0 N–H and O–H groups in total. The van der Waals surface area contributed by atoms with Crippen LogP contribution in [-0.4, -0.2) is 24.1 Å². The Hall–Kier alpha value is -1.60. The topological polar surface area (TPSA) is 0 Å². The van der Waals surface area contributed by atoms with Crippen molar-refractivity contribution in [1.82, 2.24) is 0 Å². The minimum absolute atomic E-state index is 1.19. The van der Waals surface area contributed by atoms with E-state index in [9.17, 15) is 0 Å². The van der Waals surface area contributed by atoms with E-state index in [1.54, 1.807) is 0 Å². The number of benzene rings is 1. The van der Waals surface area contributed by atoms with Crippen LogP contribution in [0.1, 0.15) is 219 Å². The van der Waals surface area contributed by atoms with Gasteiger partial charge >= 0.3 is 0 Å². The molecule has 0 unspecified atom stereocenters.